The summed E-state index contributed by atoms with van der Waals surface area (Å²) in [4.78, 5) is 11.1. The fourth-order valence-corrected chi connectivity index (χ4v) is 1.60. The summed E-state index contributed by atoms with van der Waals surface area (Å²) in [7, 11) is 0. The molecule has 1 heterocycles. The molecule has 0 aliphatic carbocycles. The molecule has 2 unspecified atom stereocenters. The van der Waals surface area contributed by atoms with Crippen molar-refractivity contribution in [2.24, 2.45) is 5.73 Å². The molecule has 1 aromatic carbocycles. The lowest BCUT2D eigenvalue weighted by molar-refractivity contribution is -0.120. The second-order valence-corrected chi connectivity index (χ2v) is 3.31. The van der Waals surface area contributed by atoms with Crippen LogP contribution in [-0.4, -0.2) is 11.9 Å². The Morgan fingerprint density at radius 2 is 1.93 bits per heavy atom. The zero-order valence-corrected chi connectivity index (χ0v) is 8.46. The van der Waals surface area contributed by atoms with Crippen molar-refractivity contribution < 1.29 is 4.79 Å². The van der Waals surface area contributed by atoms with Crippen molar-refractivity contribution in [2.45, 2.75) is 18.5 Å². The topological polar surface area (TPSA) is 55.1 Å². The number of carbonyl (C=O) groups is 1. The Morgan fingerprint density at radius 3 is 2.43 bits per heavy atom. The van der Waals surface area contributed by atoms with E-state index in [4.69, 9.17) is 5.73 Å². The Balaban J connectivity index is 0.000000980. The maximum Gasteiger partial charge on any atom is 0.237 e. The number of rotatable bonds is 1. The summed E-state index contributed by atoms with van der Waals surface area (Å²) < 4.78 is 0. The van der Waals surface area contributed by atoms with Gasteiger partial charge in [0.1, 0.15) is 0 Å². The van der Waals surface area contributed by atoms with Crippen LogP contribution in [0.5, 0.6) is 0 Å². The van der Waals surface area contributed by atoms with Gasteiger partial charge in [-0.2, -0.15) is 0 Å². The third kappa shape index (κ3) is 2.05. The first kappa shape index (κ1) is 11.0. The van der Waals surface area contributed by atoms with E-state index in [0.29, 0.717) is 6.42 Å². The minimum Gasteiger partial charge on any atom is -0.348 e. The van der Waals surface area contributed by atoms with Crippen LogP contribution >= 0.6 is 12.4 Å². The van der Waals surface area contributed by atoms with E-state index in [2.05, 4.69) is 5.32 Å². The molecule has 0 bridgehead atoms. The molecule has 0 spiro atoms. The molecule has 0 radical (unpaired) electrons. The molecule has 0 aromatic heterocycles. The van der Waals surface area contributed by atoms with Gasteiger partial charge in [-0.15, -0.1) is 12.4 Å². The number of nitrogens with one attached hydrogen (secondary N) is 1. The highest BCUT2D eigenvalue weighted by atomic mass is 35.5. The fraction of sp³-hybridized carbons (Fsp3) is 0.300. The fourth-order valence-electron chi connectivity index (χ4n) is 1.60. The number of halogens is 1. The molecule has 1 saturated heterocycles. The highest BCUT2D eigenvalue weighted by molar-refractivity contribution is 5.85. The quantitative estimate of drug-likeness (QED) is 0.730. The highest BCUT2D eigenvalue weighted by Crippen LogP contribution is 2.22. The number of hydrogen-bond acceptors (Lipinski definition) is 2. The van der Waals surface area contributed by atoms with Gasteiger partial charge in [0.15, 0.2) is 0 Å². The van der Waals surface area contributed by atoms with Gasteiger partial charge in [0.2, 0.25) is 5.91 Å². The van der Waals surface area contributed by atoms with Crippen LogP contribution in [0.15, 0.2) is 30.3 Å². The summed E-state index contributed by atoms with van der Waals surface area (Å²) in [6.45, 7) is 0. The van der Waals surface area contributed by atoms with E-state index < -0.39 is 0 Å². The van der Waals surface area contributed by atoms with Crippen molar-refractivity contribution in [3.05, 3.63) is 35.9 Å². The van der Waals surface area contributed by atoms with Crippen LogP contribution in [0.2, 0.25) is 0 Å². The van der Waals surface area contributed by atoms with Gasteiger partial charge >= 0.3 is 0 Å². The molecule has 3 nitrogen and oxygen atoms in total. The summed E-state index contributed by atoms with van der Waals surface area (Å²) >= 11 is 0. The zero-order valence-electron chi connectivity index (χ0n) is 7.64. The van der Waals surface area contributed by atoms with Gasteiger partial charge in [-0.3, -0.25) is 4.79 Å². The number of nitrogens with two attached hydrogens (primary N) is 1. The van der Waals surface area contributed by atoms with E-state index in [1.165, 1.54) is 0 Å². The van der Waals surface area contributed by atoms with E-state index >= 15 is 0 Å². The van der Waals surface area contributed by atoms with Crippen LogP contribution in [0.25, 0.3) is 0 Å². The van der Waals surface area contributed by atoms with Gasteiger partial charge in [0.25, 0.3) is 0 Å². The standard InChI is InChI=1S/C10H12N2O.ClH/c11-8-6-9(12-10(8)13)7-4-2-1-3-5-7;/h1-5,8-9H,6,11H2,(H,12,13);1H. The third-order valence-corrected chi connectivity index (χ3v) is 2.34. The maximum absolute atomic E-state index is 11.1. The lowest BCUT2D eigenvalue weighted by atomic mass is 10.0. The minimum absolute atomic E-state index is 0. The molecule has 2 atom stereocenters. The molecule has 3 N–H and O–H groups in total. The van der Waals surface area contributed by atoms with Crippen LogP contribution in [0, 0.1) is 0 Å². The van der Waals surface area contributed by atoms with Crippen molar-refractivity contribution in [3.63, 3.8) is 0 Å². The van der Waals surface area contributed by atoms with E-state index in [1.54, 1.807) is 0 Å². The number of benzene rings is 1. The Hall–Kier alpha value is -1.06. The Labute approximate surface area is 89.1 Å². The number of amides is 1. The van der Waals surface area contributed by atoms with E-state index in [-0.39, 0.29) is 30.4 Å². The molecule has 14 heavy (non-hydrogen) atoms. The van der Waals surface area contributed by atoms with Crippen molar-refractivity contribution in [1.29, 1.82) is 0 Å². The summed E-state index contributed by atoms with van der Waals surface area (Å²) in [5.74, 6) is -0.0474. The molecular weight excluding hydrogens is 200 g/mol. The predicted octanol–water partition coefficient (Wildman–Crippen LogP) is 0.997. The van der Waals surface area contributed by atoms with Gasteiger partial charge in [-0.25, -0.2) is 0 Å². The van der Waals surface area contributed by atoms with Gasteiger partial charge in [-0.05, 0) is 12.0 Å². The largest absolute Gasteiger partial charge is 0.348 e. The smallest absolute Gasteiger partial charge is 0.237 e. The van der Waals surface area contributed by atoms with E-state index in [9.17, 15) is 4.79 Å². The molecule has 1 aliphatic heterocycles. The Kier molecular flexibility index (Phi) is 3.49. The molecule has 1 aliphatic rings. The van der Waals surface area contributed by atoms with E-state index in [0.717, 1.165) is 5.56 Å². The van der Waals surface area contributed by atoms with Crippen molar-refractivity contribution >= 4 is 18.3 Å². The SMILES string of the molecule is Cl.NC1CC(c2ccccc2)NC1=O. The first-order chi connectivity index (χ1) is 6.27. The summed E-state index contributed by atoms with van der Waals surface area (Å²) in [5.41, 5.74) is 6.72. The Bertz CT molecular complexity index is 315. The summed E-state index contributed by atoms with van der Waals surface area (Å²) in [6, 6.07) is 9.65. The van der Waals surface area contributed by atoms with E-state index in [1.807, 2.05) is 30.3 Å². The van der Waals surface area contributed by atoms with Gasteiger partial charge in [0.05, 0.1) is 12.1 Å². The average Bonchev–Trinajstić information content (AvgIpc) is 2.49. The molecule has 1 amide bonds. The first-order valence-electron chi connectivity index (χ1n) is 4.38. The highest BCUT2D eigenvalue weighted by Gasteiger charge is 2.29. The summed E-state index contributed by atoms with van der Waals surface area (Å²) in [6.07, 6.45) is 0.697. The van der Waals surface area contributed by atoms with Crippen LogP contribution in [0.1, 0.15) is 18.0 Å². The second-order valence-electron chi connectivity index (χ2n) is 3.31. The first-order valence-corrected chi connectivity index (χ1v) is 4.38. The van der Waals surface area contributed by atoms with Crippen molar-refractivity contribution in [2.75, 3.05) is 0 Å². The normalized spacial score (nSPS) is 25.4. The van der Waals surface area contributed by atoms with Gasteiger partial charge in [-0.1, -0.05) is 30.3 Å². The monoisotopic (exact) mass is 212 g/mol. The zero-order chi connectivity index (χ0) is 9.26. The average molecular weight is 213 g/mol. The minimum atomic E-state index is -0.342. The van der Waals surface area contributed by atoms with Crippen LogP contribution in [0.4, 0.5) is 0 Å². The van der Waals surface area contributed by atoms with Crippen LogP contribution in [0.3, 0.4) is 0 Å². The van der Waals surface area contributed by atoms with Crippen LogP contribution in [-0.2, 0) is 4.79 Å². The molecule has 0 saturated carbocycles. The predicted molar refractivity (Wildman–Crippen MR) is 57.2 cm³/mol. The lowest BCUT2D eigenvalue weighted by Gasteiger charge is -2.08. The second kappa shape index (κ2) is 4.44. The van der Waals surface area contributed by atoms with Crippen molar-refractivity contribution in [1.82, 2.24) is 5.32 Å². The molecule has 4 heteroatoms. The van der Waals surface area contributed by atoms with Crippen molar-refractivity contribution in [3.8, 4) is 0 Å². The molecule has 2 rings (SSSR count). The Morgan fingerprint density at radius 1 is 1.29 bits per heavy atom. The van der Waals surface area contributed by atoms with Gasteiger partial charge in [0, 0.05) is 0 Å². The molecular formula is C10H13ClN2O. The molecule has 1 fully saturated rings. The number of hydrogen-bond donors (Lipinski definition) is 2. The number of carbonyl (C=O) groups excluding carboxylic acids is 1. The van der Waals surface area contributed by atoms with Gasteiger partial charge < -0.3 is 11.1 Å². The van der Waals surface area contributed by atoms with Crippen LogP contribution < -0.4 is 11.1 Å². The maximum atomic E-state index is 11.1. The third-order valence-electron chi connectivity index (χ3n) is 2.34. The molecule has 1 aromatic rings. The lowest BCUT2D eigenvalue weighted by Crippen LogP contribution is -2.30. The molecule has 76 valence electrons. The summed E-state index contributed by atoms with van der Waals surface area (Å²) in [5, 5.41) is 2.86.